The smallest absolute Gasteiger partial charge is 0.264 e. The van der Waals surface area contributed by atoms with E-state index in [-0.39, 0.29) is 11.4 Å². The summed E-state index contributed by atoms with van der Waals surface area (Å²) in [6, 6.07) is 19.4. The summed E-state index contributed by atoms with van der Waals surface area (Å²) in [5.74, 6) is -1.41. The van der Waals surface area contributed by atoms with Gasteiger partial charge in [-0.3, -0.25) is 13.9 Å². The molecule has 2 amide bonds. The summed E-state index contributed by atoms with van der Waals surface area (Å²) in [5.41, 5.74) is 1.63. The van der Waals surface area contributed by atoms with Crippen LogP contribution in [0.25, 0.3) is 0 Å². The van der Waals surface area contributed by atoms with Gasteiger partial charge in [-0.1, -0.05) is 48.5 Å². The van der Waals surface area contributed by atoms with Crippen LogP contribution in [0.15, 0.2) is 83.8 Å². The zero-order valence-electron chi connectivity index (χ0n) is 19.8. The van der Waals surface area contributed by atoms with Gasteiger partial charge in [0, 0.05) is 13.6 Å². The molecule has 35 heavy (non-hydrogen) atoms. The monoisotopic (exact) mass is 497 g/mol. The zero-order chi connectivity index (χ0) is 25.6. The first kappa shape index (κ1) is 25.9. The predicted molar refractivity (Wildman–Crippen MR) is 133 cm³/mol. The summed E-state index contributed by atoms with van der Waals surface area (Å²) < 4.78 is 41.7. The van der Waals surface area contributed by atoms with E-state index in [2.05, 4.69) is 5.32 Å². The van der Waals surface area contributed by atoms with Crippen molar-refractivity contribution in [1.82, 2.24) is 10.2 Å². The number of hydrogen-bond acceptors (Lipinski definition) is 4. The molecule has 3 aromatic rings. The van der Waals surface area contributed by atoms with Gasteiger partial charge in [-0.2, -0.15) is 0 Å². The van der Waals surface area contributed by atoms with Gasteiger partial charge >= 0.3 is 0 Å². The van der Waals surface area contributed by atoms with E-state index in [9.17, 15) is 22.4 Å². The predicted octanol–water partition coefficient (Wildman–Crippen LogP) is 3.49. The Morgan fingerprint density at radius 3 is 2.14 bits per heavy atom. The molecular formula is C26H28FN3O4S. The second-order valence-corrected chi connectivity index (χ2v) is 9.91. The van der Waals surface area contributed by atoms with Crippen molar-refractivity contribution in [3.05, 3.63) is 95.8 Å². The molecule has 0 aliphatic heterocycles. The third-order valence-corrected chi connectivity index (χ3v) is 7.45. The summed E-state index contributed by atoms with van der Waals surface area (Å²) in [4.78, 5) is 27.4. The third-order valence-electron chi connectivity index (χ3n) is 5.67. The van der Waals surface area contributed by atoms with Gasteiger partial charge in [-0.15, -0.1) is 0 Å². The topological polar surface area (TPSA) is 86.8 Å². The highest BCUT2D eigenvalue weighted by molar-refractivity contribution is 7.92. The molecule has 0 bridgehead atoms. The lowest BCUT2D eigenvalue weighted by Gasteiger charge is -2.32. The van der Waals surface area contributed by atoms with E-state index >= 15 is 0 Å². The Morgan fingerprint density at radius 2 is 1.54 bits per heavy atom. The second kappa shape index (κ2) is 11.1. The molecule has 1 N–H and O–H groups in total. The summed E-state index contributed by atoms with van der Waals surface area (Å²) in [5, 5.41) is 2.52. The van der Waals surface area contributed by atoms with E-state index in [1.165, 1.54) is 48.3 Å². The highest BCUT2D eigenvalue weighted by atomic mass is 32.2. The minimum atomic E-state index is -4.10. The largest absolute Gasteiger partial charge is 0.357 e. The SMILES string of the molecule is CNC(=O)C(C)N(Cc1ccc(F)cc1)C(=O)CN(c1ccccc1C)S(=O)(=O)c1ccccc1. The number of likely N-dealkylation sites (N-methyl/N-ethyl adjacent to an activating group) is 1. The van der Waals surface area contributed by atoms with Gasteiger partial charge in [-0.05, 0) is 55.3 Å². The maximum Gasteiger partial charge on any atom is 0.264 e. The maximum absolute atomic E-state index is 13.6. The van der Waals surface area contributed by atoms with Gasteiger partial charge < -0.3 is 10.2 Å². The molecule has 0 spiro atoms. The molecule has 3 aromatic carbocycles. The van der Waals surface area contributed by atoms with Gasteiger partial charge in [-0.25, -0.2) is 12.8 Å². The molecule has 184 valence electrons. The summed E-state index contributed by atoms with van der Waals surface area (Å²) in [6.45, 7) is 2.80. The third kappa shape index (κ3) is 6.05. The number of anilines is 1. The number of halogens is 1. The number of rotatable bonds is 9. The molecular weight excluding hydrogens is 469 g/mol. The number of benzene rings is 3. The highest BCUT2D eigenvalue weighted by Crippen LogP contribution is 2.27. The molecule has 7 nitrogen and oxygen atoms in total. The van der Waals surface area contributed by atoms with E-state index < -0.39 is 40.2 Å². The summed E-state index contributed by atoms with van der Waals surface area (Å²) in [6.07, 6.45) is 0. The van der Waals surface area contributed by atoms with Crippen LogP contribution >= 0.6 is 0 Å². The quantitative estimate of drug-likeness (QED) is 0.490. The number of hydrogen-bond donors (Lipinski definition) is 1. The Balaban J connectivity index is 2.03. The zero-order valence-corrected chi connectivity index (χ0v) is 20.6. The van der Waals surface area contributed by atoms with Crippen LogP contribution in [-0.2, 0) is 26.2 Å². The van der Waals surface area contributed by atoms with Crippen molar-refractivity contribution >= 4 is 27.5 Å². The van der Waals surface area contributed by atoms with Gasteiger partial charge in [0.05, 0.1) is 10.6 Å². The number of nitrogens with zero attached hydrogens (tertiary/aromatic N) is 2. The molecule has 9 heteroatoms. The van der Waals surface area contributed by atoms with Gasteiger partial charge in [0.1, 0.15) is 18.4 Å². The Bertz CT molecular complexity index is 1280. The molecule has 0 fully saturated rings. The normalized spacial score (nSPS) is 12.0. The molecule has 0 saturated heterocycles. The van der Waals surface area contributed by atoms with Crippen molar-refractivity contribution in [1.29, 1.82) is 0 Å². The minimum Gasteiger partial charge on any atom is -0.357 e. The number of nitrogens with one attached hydrogen (secondary N) is 1. The standard InChI is InChI=1S/C26H28FN3O4S/c1-19-9-7-8-12-24(19)30(35(33,34)23-10-5-4-6-11-23)18-25(31)29(20(2)26(32)28-3)17-21-13-15-22(27)16-14-21/h4-16,20H,17-18H2,1-3H3,(H,28,32). The summed E-state index contributed by atoms with van der Waals surface area (Å²) in [7, 11) is -2.64. The van der Waals surface area contributed by atoms with Gasteiger partial charge in [0.2, 0.25) is 11.8 Å². The first-order chi connectivity index (χ1) is 16.6. The van der Waals surface area contributed by atoms with E-state index in [0.717, 1.165) is 4.31 Å². The molecule has 0 aliphatic rings. The number of para-hydroxylation sites is 1. The van der Waals surface area contributed by atoms with Gasteiger partial charge in [0.25, 0.3) is 10.0 Å². The fourth-order valence-electron chi connectivity index (χ4n) is 3.65. The lowest BCUT2D eigenvalue weighted by molar-refractivity contribution is -0.139. The second-order valence-electron chi connectivity index (χ2n) is 8.05. The van der Waals surface area contributed by atoms with Crippen molar-refractivity contribution in [3.8, 4) is 0 Å². The van der Waals surface area contributed by atoms with Crippen LogP contribution < -0.4 is 9.62 Å². The molecule has 1 unspecified atom stereocenters. The fraction of sp³-hybridized carbons (Fsp3) is 0.231. The van der Waals surface area contributed by atoms with Crippen molar-refractivity contribution in [2.24, 2.45) is 0 Å². The Labute approximate surface area is 205 Å². The fourth-order valence-corrected chi connectivity index (χ4v) is 5.15. The molecule has 0 aromatic heterocycles. The lowest BCUT2D eigenvalue weighted by atomic mass is 10.1. The maximum atomic E-state index is 13.6. The van der Waals surface area contributed by atoms with Crippen LogP contribution in [0.1, 0.15) is 18.1 Å². The lowest BCUT2D eigenvalue weighted by Crippen LogP contribution is -2.50. The van der Waals surface area contributed by atoms with E-state index in [0.29, 0.717) is 16.8 Å². The van der Waals surface area contributed by atoms with Crippen molar-refractivity contribution in [2.45, 2.75) is 31.3 Å². The van der Waals surface area contributed by atoms with Crippen LogP contribution in [0.4, 0.5) is 10.1 Å². The number of sulfonamides is 1. The molecule has 0 aliphatic carbocycles. The van der Waals surface area contributed by atoms with E-state index in [1.54, 1.807) is 56.3 Å². The van der Waals surface area contributed by atoms with Crippen molar-refractivity contribution in [3.63, 3.8) is 0 Å². The first-order valence-corrected chi connectivity index (χ1v) is 12.5. The summed E-state index contributed by atoms with van der Waals surface area (Å²) >= 11 is 0. The van der Waals surface area contributed by atoms with Crippen LogP contribution in [0.2, 0.25) is 0 Å². The van der Waals surface area contributed by atoms with Crippen molar-refractivity contribution in [2.75, 3.05) is 17.9 Å². The van der Waals surface area contributed by atoms with Crippen LogP contribution in [0.3, 0.4) is 0 Å². The molecule has 0 saturated carbocycles. The van der Waals surface area contributed by atoms with Crippen molar-refractivity contribution < 1.29 is 22.4 Å². The van der Waals surface area contributed by atoms with E-state index in [4.69, 9.17) is 0 Å². The molecule has 1 atom stereocenters. The van der Waals surface area contributed by atoms with Crippen LogP contribution in [0.5, 0.6) is 0 Å². The highest BCUT2D eigenvalue weighted by Gasteiger charge is 2.32. The minimum absolute atomic E-state index is 0.000691. The average Bonchev–Trinajstić information content (AvgIpc) is 2.86. The number of carbonyl (C=O) groups is 2. The Kier molecular flexibility index (Phi) is 8.24. The Morgan fingerprint density at radius 1 is 0.943 bits per heavy atom. The van der Waals surface area contributed by atoms with Gasteiger partial charge in [0.15, 0.2) is 0 Å². The average molecular weight is 498 g/mol. The number of amides is 2. The Hall–Kier alpha value is -3.72. The molecule has 0 heterocycles. The molecule has 0 radical (unpaired) electrons. The first-order valence-electron chi connectivity index (χ1n) is 11.0. The number of carbonyl (C=O) groups excluding carboxylic acids is 2. The van der Waals surface area contributed by atoms with E-state index in [1.807, 2.05) is 0 Å². The van der Waals surface area contributed by atoms with Crippen LogP contribution in [0, 0.1) is 12.7 Å². The van der Waals surface area contributed by atoms with Crippen LogP contribution in [-0.4, -0.2) is 44.8 Å². The molecule has 3 rings (SSSR count). The number of aryl methyl sites for hydroxylation is 1.